The minimum Gasteiger partial charge on any atom is -0.476 e. The van der Waals surface area contributed by atoms with Gasteiger partial charge in [-0.3, -0.25) is 0 Å². The molecule has 0 atom stereocenters. The van der Waals surface area contributed by atoms with Crippen LogP contribution < -0.4 is 4.74 Å². The Hall–Kier alpha value is -1.30. The predicted molar refractivity (Wildman–Crippen MR) is 48.9 cm³/mol. The molecule has 13 heavy (non-hydrogen) atoms. The summed E-state index contributed by atoms with van der Waals surface area (Å²) >= 11 is 1.12. The summed E-state index contributed by atoms with van der Waals surface area (Å²) in [6, 6.07) is 0. The summed E-state index contributed by atoms with van der Waals surface area (Å²) in [7, 11) is 0. The molecule has 0 amide bonds. The van der Waals surface area contributed by atoms with Crippen LogP contribution in [0.3, 0.4) is 0 Å². The zero-order chi connectivity index (χ0) is 9.26. The normalized spacial score (nSPS) is 10.6. The van der Waals surface area contributed by atoms with Crippen LogP contribution in [0.15, 0.2) is 0 Å². The zero-order valence-corrected chi connectivity index (χ0v) is 8.13. The molecule has 68 valence electrons. The van der Waals surface area contributed by atoms with Crippen molar-refractivity contribution in [3.8, 4) is 5.88 Å². The third-order valence-corrected chi connectivity index (χ3v) is 2.00. The molecule has 6 heteroatoms. The van der Waals surface area contributed by atoms with Crippen molar-refractivity contribution in [1.82, 2.24) is 18.7 Å². The zero-order valence-electron chi connectivity index (χ0n) is 7.31. The van der Waals surface area contributed by atoms with Gasteiger partial charge in [-0.2, -0.15) is 13.7 Å². The van der Waals surface area contributed by atoms with Gasteiger partial charge in [0.05, 0.1) is 18.3 Å². The lowest BCUT2D eigenvalue weighted by Crippen LogP contribution is -1.98. The third kappa shape index (κ3) is 1.44. The molecule has 0 aliphatic heterocycles. The van der Waals surface area contributed by atoms with Crippen molar-refractivity contribution in [3.05, 3.63) is 5.82 Å². The van der Waals surface area contributed by atoms with E-state index in [1.807, 2.05) is 6.92 Å². The summed E-state index contributed by atoms with van der Waals surface area (Å²) in [6.45, 7) is 4.29. The summed E-state index contributed by atoms with van der Waals surface area (Å²) < 4.78 is 13.4. The molecule has 0 fully saturated rings. The van der Waals surface area contributed by atoms with Crippen LogP contribution in [-0.4, -0.2) is 25.3 Å². The smallest absolute Gasteiger partial charge is 0.246 e. The van der Waals surface area contributed by atoms with Crippen molar-refractivity contribution in [2.75, 3.05) is 6.61 Å². The van der Waals surface area contributed by atoms with E-state index in [0.29, 0.717) is 29.5 Å². The number of rotatable bonds is 2. The Morgan fingerprint density at radius 2 is 2.15 bits per heavy atom. The Bertz CT molecular complexity index is 427. The van der Waals surface area contributed by atoms with Gasteiger partial charge in [-0.25, -0.2) is 4.98 Å². The predicted octanol–water partition coefficient (Wildman–Crippen LogP) is 1.19. The summed E-state index contributed by atoms with van der Waals surface area (Å²) in [5.41, 5.74) is 1.26. The van der Waals surface area contributed by atoms with Crippen LogP contribution >= 0.6 is 11.7 Å². The highest BCUT2D eigenvalue weighted by molar-refractivity contribution is 7.00. The SMILES string of the molecule is CCOc1nc(C)nc2nsnc12. The fourth-order valence-corrected chi connectivity index (χ4v) is 1.49. The summed E-state index contributed by atoms with van der Waals surface area (Å²) in [4.78, 5) is 8.26. The van der Waals surface area contributed by atoms with Gasteiger partial charge in [-0.15, -0.1) is 0 Å². The molecule has 5 nitrogen and oxygen atoms in total. The van der Waals surface area contributed by atoms with Crippen molar-refractivity contribution in [2.45, 2.75) is 13.8 Å². The number of hydrogen-bond donors (Lipinski definition) is 0. The maximum absolute atomic E-state index is 5.31. The largest absolute Gasteiger partial charge is 0.476 e. The summed E-state index contributed by atoms with van der Waals surface area (Å²) in [5, 5.41) is 0. The first-order valence-electron chi connectivity index (χ1n) is 3.91. The minimum absolute atomic E-state index is 0.527. The Morgan fingerprint density at radius 3 is 2.92 bits per heavy atom. The fraction of sp³-hybridized carbons (Fsp3) is 0.429. The number of aromatic nitrogens is 4. The molecule has 0 aliphatic rings. The molecule has 0 N–H and O–H groups in total. The monoisotopic (exact) mass is 196 g/mol. The Morgan fingerprint density at radius 1 is 1.31 bits per heavy atom. The van der Waals surface area contributed by atoms with Crippen LogP contribution in [-0.2, 0) is 0 Å². The summed E-state index contributed by atoms with van der Waals surface area (Å²) in [5.74, 6) is 1.18. The van der Waals surface area contributed by atoms with Crippen LogP contribution in [0.2, 0.25) is 0 Å². The van der Waals surface area contributed by atoms with Crippen LogP contribution in [0.1, 0.15) is 12.7 Å². The number of nitrogens with zero attached hydrogens (tertiary/aromatic N) is 4. The van der Waals surface area contributed by atoms with Crippen LogP contribution in [0.4, 0.5) is 0 Å². The quantitative estimate of drug-likeness (QED) is 0.722. The number of ether oxygens (including phenoxy) is 1. The van der Waals surface area contributed by atoms with E-state index >= 15 is 0 Å². The molecule has 0 bridgehead atoms. The van der Waals surface area contributed by atoms with E-state index in [1.54, 1.807) is 6.92 Å². The van der Waals surface area contributed by atoms with E-state index in [-0.39, 0.29) is 0 Å². The van der Waals surface area contributed by atoms with Gasteiger partial charge >= 0.3 is 0 Å². The molecule has 2 aromatic heterocycles. The van der Waals surface area contributed by atoms with Gasteiger partial charge in [0.1, 0.15) is 5.82 Å². The first-order valence-corrected chi connectivity index (χ1v) is 4.64. The molecule has 0 spiro atoms. The maximum Gasteiger partial charge on any atom is 0.246 e. The van der Waals surface area contributed by atoms with Crippen molar-refractivity contribution in [3.63, 3.8) is 0 Å². The molecular weight excluding hydrogens is 188 g/mol. The topological polar surface area (TPSA) is 60.8 Å². The Kier molecular flexibility index (Phi) is 2.05. The van der Waals surface area contributed by atoms with Crippen LogP contribution in [0.25, 0.3) is 11.2 Å². The summed E-state index contributed by atoms with van der Waals surface area (Å²) in [6.07, 6.45) is 0. The highest BCUT2D eigenvalue weighted by atomic mass is 32.1. The average molecular weight is 196 g/mol. The molecule has 0 aromatic carbocycles. The number of fused-ring (bicyclic) bond motifs is 1. The van der Waals surface area contributed by atoms with Crippen molar-refractivity contribution in [1.29, 1.82) is 0 Å². The molecule has 2 rings (SSSR count). The maximum atomic E-state index is 5.31. The van der Waals surface area contributed by atoms with Crippen LogP contribution in [0, 0.1) is 6.92 Å². The van der Waals surface area contributed by atoms with E-state index in [0.717, 1.165) is 11.7 Å². The van der Waals surface area contributed by atoms with E-state index in [4.69, 9.17) is 4.74 Å². The molecule has 0 unspecified atom stereocenters. The highest BCUT2D eigenvalue weighted by Gasteiger charge is 2.09. The molecule has 0 radical (unpaired) electrons. The lowest BCUT2D eigenvalue weighted by Gasteiger charge is -2.01. The van der Waals surface area contributed by atoms with Crippen LogP contribution in [0.5, 0.6) is 5.88 Å². The number of hydrogen-bond acceptors (Lipinski definition) is 6. The van der Waals surface area contributed by atoms with E-state index in [1.165, 1.54) is 0 Å². The second-order valence-corrected chi connectivity index (χ2v) is 2.97. The van der Waals surface area contributed by atoms with Gasteiger partial charge < -0.3 is 4.74 Å². The molecule has 2 aromatic rings. The van der Waals surface area contributed by atoms with Gasteiger partial charge in [0, 0.05) is 0 Å². The first-order chi connectivity index (χ1) is 6.31. The van der Waals surface area contributed by atoms with Crippen molar-refractivity contribution in [2.24, 2.45) is 0 Å². The van der Waals surface area contributed by atoms with Gasteiger partial charge in [-0.05, 0) is 13.8 Å². The Balaban J connectivity index is 2.63. The molecule has 0 aliphatic carbocycles. The average Bonchev–Trinajstić information content (AvgIpc) is 2.52. The van der Waals surface area contributed by atoms with Gasteiger partial charge in [0.25, 0.3) is 0 Å². The van der Waals surface area contributed by atoms with E-state index in [9.17, 15) is 0 Å². The Labute approximate surface area is 79.1 Å². The van der Waals surface area contributed by atoms with Crippen molar-refractivity contribution >= 4 is 22.9 Å². The lowest BCUT2D eigenvalue weighted by molar-refractivity contribution is 0.329. The van der Waals surface area contributed by atoms with Gasteiger partial charge in [0.15, 0.2) is 5.52 Å². The van der Waals surface area contributed by atoms with Gasteiger partial charge in [0.2, 0.25) is 11.5 Å². The van der Waals surface area contributed by atoms with Crippen molar-refractivity contribution < 1.29 is 4.74 Å². The lowest BCUT2D eigenvalue weighted by atomic mass is 10.5. The second-order valence-electron chi connectivity index (χ2n) is 2.45. The molecular formula is C7H8N4OS. The van der Waals surface area contributed by atoms with E-state index < -0.39 is 0 Å². The third-order valence-electron chi connectivity index (χ3n) is 1.49. The van der Waals surface area contributed by atoms with E-state index in [2.05, 4.69) is 18.7 Å². The molecule has 0 saturated carbocycles. The first kappa shape index (κ1) is 8.31. The number of aryl methyl sites for hydroxylation is 1. The standard InChI is InChI=1S/C7H8N4OS/c1-3-12-7-5-6(11-13-10-5)8-4(2)9-7/h3H2,1-2H3. The molecule has 0 saturated heterocycles. The fourth-order valence-electron chi connectivity index (χ4n) is 1.01. The molecule has 2 heterocycles. The highest BCUT2D eigenvalue weighted by Crippen LogP contribution is 2.19. The second kappa shape index (κ2) is 3.21. The minimum atomic E-state index is 0.527. The van der Waals surface area contributed by atoms with Gasteiger partial charge in [-0.1, -0.05) is 0 Å².